The molecular weight excluding hydrogens is 666 g/mol. The molecule has 1 amide bonds. The SMILES string of the molecule is COC(=O)[C@@H]1C[C@H](OC(=O)[C@@H](NC(=O)OCC2c3ccccc3-c3ccccc32)C(C)C)C(=O)[C@H]2[C@@]1(C)CC[C@H]1C(=O)O[C@H](c3ccoc3)C[C@]21C. The molecule has 3 fully saturated rings. The maximum Gasteiger partial charge on any atom is 0.407 e. The Kier molecular flexibility index (Phi) is 9.25. The minimum absolute atomic E-state index is 0.0594. The number of benzene rings is 2. The van der Waals surface area contributed by atoms with Gasteiger partial charge in [0.1, 0.15) is 18.8 Å². The van der Waals surface area contributed by atoms with Crippen molar-refractivity contribution in [1.29, 1.82) is 0 Å². The van der Waals surface area contributed by atoms with Gasteiger partial charge in [-0.15, -0.1) is 0 Å². The summed E-state index contributed by atoms with van der Waals surface area (Å²) in [6.07, 6.45) is 1.37. The number of rotatable bonds is 8. The zero-order valence-corrected chi connectivity index (χ0v) is 30.1. The van der Waals surface area contributed by atoms with Crippen LogP contribution in [0.15, 0.2) is 71.5 Å². The number of hydrogen-bond donors (Lipinski definition) is 1. The maximum atomic E-state index is 14.7. The van der Waals surface area contributed by atoms with E-state index in [-0.39, 0.29) is 24.7 Å². The Morgan fingerprint density at radius 3 is 2.25 bits per heavy atom. The molecule has 52 heavy (non-hydrogen) atoms. The third-order valence-corrected chi connectivity index (χ3v) is 12.3. The van der Waals surface area contributed by atoms with Crippen LogP contribution in [0.5, 0.6) is 0 Å². The summed E-state index contributed by atoms with van der Waals surface area (Å²) in [6, 6.07) is 16.6. The molecule has 0 spiro atoms. The minimum atomic E-state index is -1.30. The van der Waals surface area contributed by atoms with Gasteiger partial charge in [0, 0.05) is 23.8 Å². The number of ether oxygens (including phenoxy) is 4. The summed E-state index contributed by atoms with van der Waals surface area (Å²) >= 11 is 0. The molecule has 2 saturated carbocycles. The van der Waals surface area contributed by atoms with Gasteiger partial charge in [-0.25, -0.2) is 9.59 Å². The van der Waals surface area contributed by atoms with E-state index in [0.717, 1.165) is 22.3 Å². The average Bonchev–Trinajstić information content (AvgIpc) is 3.77. The molecule has 3 aromatic rings. The van der Waals surface area contributed by atoms with Crippen molar-refractivity contribution in [3.05, 3.63) is 83.8 Å². The van der Waals surface area contributed by atoms with Gasteiger partial charge in [-0.1, -0.05) is 76.2 Å². The molecule has 1 saturated heterocycles. The molecule has 2 heterocycles. The number of carbonyl (C=O) groups excluding carboxylic acids is 5. The van der Waals surface area contributed by atoms with Crippen LogP contribution in [-0.4, -0.2) is 55.6 Å². The molecule has 0 radical (unpaired) electrons. The van der Waals surface area contributed by atoms with E-state index in [1.807, 2.05) is 62.4 Å². The van der Waals surface area contributed by atoms with Gasteiger partial charge in [-0.3, -0.25) is 14.4 Å². The minimum Gasteiger partial charge on any atom is -0.472 e. The molecule has 8 atom stereocenters. The molecule has 1 aliphatic heterocycles. The average molecular weight is 712 g/mol. The van der Waals surface area contributed by atoms with Crippen LogP contribution in [0.25, 0.3) is 11.1 Å². The van der Waals surface area contributed by atoms with E-state index < -0.39 is 76.8 Å². The number of methoxy groups -OCH3 is 1. The lowest BCUT2D eigenvalue weighted by Gasteiger charge is -2.61. The number of ketones is 1. The first-order valence-electron chi connectivity index (χ1n) is 18.0. The second kappa shape index (κ2) is 13.6. The van der Waals surface area contributed by atoms with Crippen LogP contribution in [0.2, 0.25) is 0 Å². The van der Waals surface area contributed by atoms with E-state index >= 15 is 0 Å². The lowest BCUT2D eigenvalue weighted by molar-refractivity contribution is -0.211. The standard InChI is InChI=1S/C41H45NO10/c1-22(2)33(42-39(47)50-21-28-26-12-8-6-10-24(26)25-11-7-9-13-27(25)28)38(46)51-31-18-30(36(44)48-5)40(3)16-14-29-37(45)52-32(23-15-17-49-20-23)19-41(29,4)35(40)34(31)43/h6-13,15,17,20,22,28-33,35H,14,16,18-19,21H2,1-5H3,(H,42,47)/t29-,30-,31-,32-,33-,35-,40-,41-/m0/s1. The quantitative estimate of drug-likeness (QED) is 0.202. The van der Waals surface area contributed by atoms with Crippen LogP contribution >= 0.6 is 0 Å². The van der Waals surface area contributed by atoms with Gasteiger partial charge in [0.05, 0.1) is 31.5 Å². The number of hydrogen-bond acceptors (Lipinski definition) is 10. The van der Waals surface area contributed by atoms with Gasteiger partial charge in [0.25, 0.3) is 0 Å². The summed E-state index contributed by atoms with van der Waals surface area (Å²) in [6.45, 7) is 7.37. The summed E-state index contributed by atoms with van der Waals surface area (Å²) in [5.41, 5.74) is 3.18. The van der Waals surface area contributed by atoms with Crippen molar-refractivity contribution < 1.29 is 47.3 Å². The molecule has 11 nitrogen and oxygen atoms in total. The molecule has 3 aliphatic carbocycles. The van der Waals surface area contributed by atoms with Crippen molar-refractivity contribution in [3.8, 4) is 11.1 Å². The van der Waals surface area contributed by atoms with Crippen LogP contribution in [-0.2, 0) is 38.1 Å². The predicted octanol–water partition coefficient (Wildman–Crippen LogP) is 6.54. The van der Waals surface area contributed by atoms with E-state index in [9.17, 15) is 24.0 Å². The van der Waals surface area contributed by atoms with Crippen molar-refractivity contribution >= 4 is 29.8 Å². The van der Waals surface area contributed by atoms with Crippen LogP contribution in [0.3, 0.4) is 0 Å². The van der Waals surface area contributed by atoms with E-state index in [1.165, 1.54) is 19.6 Å². The third kappa shape index (κ3) is 5.87. The van der Waals surface area contributed by atoms with Crippen molar-refractivity contribution in [2.45, 2.75) is 77.5 Å². The second-order valence-electron chi connectivity index (χ2n) is 15.6. The molecule has 2 aromatic carbocycles. The van der Waals surface area contributed by atoms with Crippen LogP contribution < -0.4 is 5.32 Å². The summed E-state index contributed by atoms with van der Waals surface area (Å²) in [5, 5.41) is 2.67. The summed E-state index contributed by atoms with van der Waals surface area (Å²) in [7, 11) is 1.30. The Labute approximate surface area is 302 Å². The number of amides is 1. The topological polar surface area (TPSA) is 147 Å². The van der Waals surface area contributed by atoms with E-state index in [2.05, 4.69) is 5.32 Å². The number of esters is 3. The van der Waals surface area contributed by atoms with Gasteiger partial charge in [0.2, 0.25) is 0 Å². The fraction of sp³-hybridized carbons (Fsp3) is 0.488. The van der Waals surface area contributed by atoms with Gasteiger partial charge in [-0.2, -0.15) is 0 Å². The first-order chi connectivity index (χ1) is 24.9. The lowest BCUT2D eigenvalue weighted by Crippen LogP contribution is -2.65. The highest BCUT2D eigenvalue weighted by molar-refractivity contribution is 5.94. The van der Waals surface area contributed by atoms with Crippen LogP contribution in [0.1, 0.15) is 82.1 Å². The molecule has 0 unspecified atom stereocenters. The molecule has 0 bridgehead atoms. The summed E-state index contributed by atoms with van der Waals surface area (Å²) in [5.74, 6) is -4.88. The number of Topliss-reactive ketones (excluding diaryl/α,β-unsaturated/α-hetero) is 1. The molecule has 7 rings (SSSR count). The molecule has 274 valence electrons. The predicted molar refractivity (Wildman–Crippen MR) is 186 cm³/mol. The molecule has 1 N–H and O–H groups in total. The Morgan fingerprint density at radius 1 is 0.962 bits per heavy atom. The highest BCUT2D eigenvalue weighted by Gasteiger charge is 2.68. The highest BCUT2D eigenvalue weighted by atomic mass is 16.6. The van der Waals surface area contributed by atoms with E-state index in [1.54, 1.807) is 19.9 Å². The molecular formula is C41H45NO10. The van der Waals surface area contributed by atoms with Crippen LogP contribution in [0.4, 0.5) is 4.79 Å². The Hall–Kier alpha value is -4.93. The summed E-state index contributed by atoms with van der Waals surface area (Å²) in [4.78, 5) is 68.7. The largest absolute Gasteiger partial charge is 0.472 e. The highest BCUT2D eigenvalue weighted by Crippen LogP contribution is 2.65. The molecule has 4 aliphatic rings. The lowest BCUT2D eigenvalue weighted by atomic mass is 9.43. The number of alkyl carbamates (subject to hydrolysis) is 1. The summed E-state index contributed by atoms with van der Waals surface area (Å²) < 4.78 is 28.0. The smallest absolute Gasteiger partial charge is 0.407 e. The first kappa shape index (κ1) is 35.5. The normalized spacial score (nSPS) is 29.8. The van der Waals surface area contributed by atoms with Crippen molar-refractivity contribution in [1.82, 2.24) is 5.32 Å². The third-order valence-electron chi connectivity index (χ3n) is 12.3. The number of nitrogens with one attached hydrogen (secondary N) is 1. The van der Waals surface area contributed by atoms with Crippen LogP contribution in [0, 0.1) is 34.5 Å². The van der Waals surface area contributed by atoms with Crippen molar-refractivity contribution in [2.24, 2.45) is 34.5 Å². The maximum absolute atomic E-state index is 14.7. The zero-order chi connectivity index (χ0) is 36.9. The Balaban J connectivity index is 1.10. The first-order valence-corrected chi connectivity index (χ1v) is 18.0. The second-order valence-corrected chi connectivity index (χ2v) is 15.6. The molecule has 1 aromatic heterocycles. The van der Waals surface area contributed by atoms with Gasteiger partial charge in [-0.05, 0) is 64.3 Å². The van der Waals surface area contributed by atoms with Crippen molar-refractivity contribution in [2.75, 3.05) is 13.7 Å². The fourth-order valence-corrected chi connectivity index (χ4v) is 9.74. The molecule has 11 heteroatoms. The Morgan fingerprint density at radius 2 is 1.63 bits per heavy atom. The van der Waals surface area contributed by atoms with Gasteiger partial charge < -0.3 is 28.7 Å². The van der Waals surface area contributed by atoms with Gasteiger partial charge >= 0.3 is 24.0 Å². The number of furan rings is 1. The van der Waals surface area contributed by atoms with E-state index in [4.69, 9.17) is 23.4 Å². The van der Waals surface area contributed by atoms with E-state index in [0.29, 0.717) is 24.8 Å². The number of cyclic esters (lactones) is 1. The monoisotopic (exact) mass is 711 g/mol. The van der Waals surface area contributed by atoms with Crippen molar-refractivity contribution in [3.63, 3.8) is 0 Å². The zero-order valence-electron chi connectivity index (χ0n) is 30.1. The Bertz CT molecular complexity index is 1840. The van der Waals surface area contributed by atoms with Gasteiger partial charge in [0.15, 0.2) is 11.9 Å². The number of carbonyl (C=O) groups is 5. The number of fused-ring (bicyclic) bond motifs is 6. The fourth-order valence-electron chi connectivity index (χ4n) is 9.74.